The summed E-state index contributed by atoms with van der Waals surface area (Å²) in [7, 11) is 1.82. The van der Waals surface area contributed by atoms with E-state index in [9.17, 15) is 13.6 Å². The summed E-state index contributed by atoms with van der Waals surface area (Å²) < 4.78 is 29.0. The molecule has 1 saturated carbocycles. The lowest BCUT2D eigenvalue weighted by atomic mass is 10.1. The third-order valence-electron chi connectivity index (χ3n) is 7.65. The number of aryl methyl sites for hydroxylation is 1. The van der Waals surface area contributed by atoms with Crippen molar-refractivity contribution in [2.45, 2.75) is 5.92 Å². The van der Waals surface area contributed by atoms with Crippen LogP contribution in [0.3, 0.4) is 0 Å². The molecule has 0 spiro atoms. The van der Waals surface area contributed by atoms with Gasteiger partial charge in [0.05, 0.1) is 18.0 Å². The fourth-order valence-corrected chi connectivity index (χ4v) is 5.38. The minimum atomic E-state index is -2.61. The summed E-state index contributed by atoms with van der Waals surface area (Å²) in [5, 5.41) is 11.0. The monoisotopic (exact) mass is 511 g/mol. The number of aromatic amines is 1. The Morgan fingerprint density at radius 2 is 1.79 bits per heavy atom. The Labute approximate surface area is 216 Å². The normalized spacial score (nSPS) is 19.5. The first-order valence-corrected chi connectivity index (χ1v) is 12.3. The molecular weight excluding hydrogens is 488 g/mol. The van der Waals surface area contributed by atoms with E-state index in [1.165, 1.54) is 0 Å². The number of aromatic nitrogens is 5. The van der Waals surface area contributed by atoms with Gasteiger partial charge in [-0.2, -0.15) is 5.10 Å². The van der Waals surface area contributed by atoms with Gasteiger partial charge >= 0.3 is 0 Å². The molecule has 2 aliphatic rings. The molecule has 1 saturated heterocycles. The Morgan fingerprint density at radius 1 is 1.03 bits per heavy atom. The first-order chi connectivity index (χ1) is 18.4. The molecule has 7 rings (SSSR count). The maximum absolute atomic E-state index is 13.6. The van der Waals surface area contributed by atoms with Crippen LogP contribution in [0, 0.1) is 11.8 Å². The molecule has 1 aliphatic heterocycles. The van der Waals surface area contributed by atoms with E-state index in [0.717, 1.165) is 33.3 Å². The van der Waals surface area contributed by atoms with Crippen LogP contribution in [0.25, 0.3) is 33.4 Å². The lowest BCUT2D eigenvalue weighted by molar-refractivity contribution is 0.0454. The van der Waals surface area contributed by atoms with Gasteiger partial charge in [0.15, 0.2) is 5.82 Å². The average molecular weight is 512 g/mol. The zero-order valence-electron chi connectivity index (χ0n) is 20.4. The number of carbonyl (C=O) groups is 1. The Kier molecular flexibility index (Phi) is 4.88. The van der Waals surface area contributed by atoms with E-state index >= 15 is 0 Å². The quantitative estimate of drug-likeness (QED) is 0.342. The van der Waals surface area contributed by atoms with Crippen molar-refractivity contribution < 1.29 is 13.6 Å². The summed E-state index contributed by atoms with van der Waals surface area (Å²) in [5.41, 5.74) is 5.09. The lowest BCUT2D eigenvalue weighted by Crippen LogP contribution is -2.34. The van der Waals surface area contributed by atoms with Crippen molar-refractivity contribution in [1.82, 2.24) is 29.6 Å². The number of H-pyrrole nitrogens is 1. The number of nitrogens with one attached hydrogen (secondary N) is 2. The van der Waals surface area contributed by atoms with Crippen LogP contribution in [-0.4, -0.2) is 54.6 Å². The number of carbonyl (C=O) groups excluding carboxylic acids is 1. The van der Waals surface area contributed by atoms with Crippen molar-refractivity contribution >= 4 is 28.3 Å². The van der Waals surface area contributed by atoms with Gasteiger partial charge in [-0.3, -0.25) is 9.89 Å². The zero-order chi connectivity index (χ0) is 26.0. The van der Waals surface area contributed by atoms with Crippen LogP contribution in [0.15, 0.2) is 73.2 Å². The number of piperidine rings is 1. The Morgan fingerprint density at radius 3 is 2.53 bits per heavy atom. The van der Waals surface area contributed by atoms with Crippen LogP contribution in [0.4, 0.5) is 20.3 Å². The number of benzene rings is 2. The van der Waals surface area contributed by atoms with Gasteiger partial charge < -0.3 is 14.8 Å². The Bertz CT molecular complexity index is 1660. The topological polar surface area (TPSA) is 91.7 Å². The highest BCUT2D eigenvalue weighted by molar-refractivity contribution is 5.99. The number of hydrogen-bond acceptors (Lipinski definition) is 5. The number of amides is 1. The van der Waals surface area contributed by atoms with Crippen molar-refractivity contribution in [1.29, 1.82) is 0 Å². The van der Waals surface area contributed by atoms with Crippen LogP contribution in [0.5, 0.6) is 0 Å². The second-order valence-electron chi connectivity index (χ2n) is 9.91. The molecule has 0 bridgehead atoms. The van der Waals surface area contributed by atoms with Crippen molar-refractivity contribution in [3.8, 4) is 22.5 Å². The van der Waals surface area contributed by atoms with Gasteiger partial charge in [0.2, 0.25) is 0 Å². The standard InChI is InChI=1S/C28H23F2N7O/c1-36-23-11-18(3-2-17(23)10-24(36)27(38)37-14-21-22(15-37)28(21,29)30)26-31-9-8-25(35-26)34-20-6-4-16(5-7-20)19-12-32-33-13-19/h2-13,21-22H,14-15H2,1H3,(H,32,33)(H,31,34,35). The third kappa shape index (κ3) is 3.63. The number of anilines is 2. The van der Waals surface area contributed by atoms with Crippen LogP contribution in [0.2, 0.25) is 0 Å². The first-order valence-electron chi connectivity index (χ1n) is 12.3. The number of likely N-dealkylation sites (tertiary alicyclic amines) is 1. The van der Waals surface area contributed by atoms with Crippen molar-refractivity contribution in [2.24, 2.45) is 18.9 Å². The number of rotatable bonds is 5. The zero-order valence-corrected chi connectivity index (χ0v) is 20.4. The van der Waals surface area contributed by atoms with Gasteiger partial charge in [0.1, 0.15) is 11.5 Å². The smallest absolute Gasteiger partial charge is 0.270 e. The summed E-state index contributed by atoms with van der Waals surface area (Å²) in [5.74, 6) is -3.02. The third-order valence-corrected chi connectivity index (χ3v) is 7.65. The lowest BCUT2D eigenvalue weighted by Gasteiger charge is -2.20. The number of halogens is 2. The molecule has 3 aromatic heterocycles. The molecule has 2 aromatic carbocycles. The molecule has 2 unspecified atom stereocenters. The highest BCUT2D eigenvalue weighted by Gasteiger charge is 2.72. The summed E-state index contributed by atoms with van der Waals surface area (Å²) in [6, 6.07) is 17.4. The molecule has 1 aliphatic carbocycles. The predicted octanol–water partition coefficient (Wildman–Crippen LogP) is 5.11. The van der Waals surface area contributed by atoms with E-state index < -0.39 is 17.8 Å². The Balaban J connectivity index is 1.12. The molecule has 2 atom stereocenters. The van der Waals surface area contributed by atoms with E-state index in [1.807, 2.05) is 66.3 Å². The summed E-state index contributed by atoms with van der Waals surface area (Å²) in [6.45, 7) is 0.228. The van der Waals surface area contributed by atoms with Gasteiger partial charge in [0.25, 0.3) is 11.8 Å². The van der Waals surface area contributed by atoms with Crippen molar-refractivity contribution in [3.05, 3.63) is 78.9 Å². The van der Waals surface area contributed by atoms with Gasteiger partial charge in [-0.25, -0.2) is 18.7 Å². The maximum Gasteiger partial charge on any atom is 0.270 e. The van der Waals surface area contributed by atoms with Gasteiger partial charge in [0, 0.05) is 60.2 Å². The van der Waals surface area contributed by atoms with E-state index in [1.54, 1.807) is 23.4 Å². The summed E-state index contributed by atoms with van der Waals surface area (Å²) in [4.78, 5) is 23.8. The number of hydrogen-bond donors (Lipinski definition) is 2. The second kappa shape index (κ2) is 8.20. The second-order valence-corrected chi connectivity index (χ2v) is 9.91. The van der Waals surface area contributed by atoms with Crippen molar-refractivity contribution in [3.63, 3.8) is 0 Å². The van der Waals surface area contributed by atoms with E-state index in [-0.39, 0.29) is 19.0 Å². The molecular formula is C28H23F2N7O. The summed E-state index contributed by atoms with van der Waals surface area (Å²) >= 11 is 0. The van der Waals surface area contributed by atoms with Crippen LogP contribution in [-0.2, 0) is 7.05 Å². The molecule has 4 heterocycles. The molecule has 38 heavy (non-hydrogen) atoms. The largest absolute Gasteiger partial charge is 0.340 e. The summed E-state index contributed by atoms with van der Waals surface area (Å²) in [6.07, 6.45) is 5.32. The van der Waals surface area contributed by atoms with Gasteiger partial charge in [-0.1, -0.05) is 24.3 Å². The van der Waals surface area contributed by atoms with Gasteiger partial charge in [-0.05, 0) is 35.9 Å². The number of alkyl halides is 2. The minimum absolute atomic E-state index is 0.114. The molecule has 0 radical (unpaired) electrons. The van der Waals surface area contributed by atoms with Crippen LogP contribution in [0.1, 0.15) is 10.5 Å². The number of nitrogens with zero attached hydrogens (tertiary/aromatic N) is 5. The first kappa shape index (κ1) is 22.6. The molecule has 1 amide bonds. The average Bonchev–Trinajstić information content (AvgIpc) is 3.51. The molecule has 5 aromatic rings. The maximum atomic E-state index is 13.6. The van der Waals surface area contributed by atoms with E-state index in [2.05, 4.69) is 25.5 Å². The molecule has 2 N–H and O–H groups in total. The van der Waals surface area contributed by atoms with E-state index in [0.29, 0.717) is 17.3 Å². The van der Waals surface area contributed by atoms with Gasteiger partial charge in [-0.15, -0.1) is 0 Å². The Hall–Kier alpha value is -4.60. The molecule has 190 valence electrons. The van der Waals surface area contributed by atoms with Crippen LogP contribution < -0.4 is 5.32 Å². The fourth-order valence-electron chi connectivity index (χ4n) is 5.38. The number of fused-ring (bicyclic) bond motifs is 2. The highest BCUT2D eigenvalue weighted by Crippen LogP contribution is 2.59. The SMILES string of the molecule is Cn1c(C(=O)N2CC3C(C2)C3(F)F)cc2ccc(-c3nccc(Nc4ccc(-c5cn[nH]c5)cc4)n3)cc21. The fraction of sp³-hybridized carbons (Fsp3) is 0.214. The van der Waals surface area contributed by atoms with E-state index in [4.69, 9.17) is 0 Å². The molecule has 10 heteroatoms. The molecule has 8 nitrogen and oxygen atoms in total. The van der Waals surface area contributed by atoms with Crippen LogP contribution >= 0.6 is 0 Å². The highest BCUT2D eigenvalue weighted by atomic mass is 19.3. The minimum Gasteiger partial charge on any atom is -0.340 e. The van der Waals surface area contributed by atoms with Crippen molar-refractivity contribution in [2.75, 3.05) is 18.4 Å². The predicted molar refractivity (Wildman–Crippen MR) is 139 cm³/mol. The molecule has 2 fully saturated rings.